The van der Waals surface area contributed by atoms with E-state index in [0.717, 1.165) is 23.6 Å². The molecule has 1 aliphatic heterocycles. The molecule has 29 heavy (non-hydrogen) atoms. The first-order valence-electron chi connectivity index (χ1n) is 9.59. The maximum atomic E-state index is 14.3. The van der Waals surface area contributed by atoms with Crippen molar-refractivity contribution in [2.75, 3.05) is 24.3 Å². The van der Waals surface area contributed by atoms with E-state index in [1.54, 1.807) is 0 Å². The number of rotatable bonds is 10. The van der Waals surface area contributed by atoms with Gasteiger partial charge in [-0.2, -0.15) is 4.98 Å². The standard InChI is InChI=1S/C18H26FN3O6S/c1-3-5-6-8-26-18(25)21-16-12(19)9-22(17(24)20-16)13-11-29-15(28-13)10-27-14(23)7-4-2/h9,13,15H,3-8,10-11H2,1-2H3,(H,20,21,24,25)/t13-,15+/m0/s1. The second kappa shape index (κ2) is 11.8. The van der Waals surface area contributed by atoms with Crippen molar-refractivity contribution in [1.82, 2.24) is 9.55 Å². The van der Waals surface area contributed by atoms with Crippen molar-refractivity contribution >= 4 is 29.6 Å². The van der Waals surface area contributed by atoms with Crippen LogP contribution in [-0.4, -0.2) is 46.0 Å². The molecule has 0 unspecified atom stereocenters. The number of hydrogen-bond acceptors (Lipinski definition) is 8. The Labute approximate surface area is 172 Å². The van der Waals surface area contributed by atoms with Crippen molar-refractivity contribution in [3.05, 3.63) is 22.5 Å². The SMILES string of the molecule is CCCCCOC(=O)Nc1nc(=O)n([C@@H]2CS[C@H](COC(=O)CCC)O2)cc1F. The minimum absolute atomic E-state index is 0.0498. The molecule has 1 saturated heterocycles. The van der Waals surface area contributed by atoms with Crippen LogP contribution in [0.15, 0.2) is 11.0 Å². The van der Waals surface area contributed by atoms with Gasteiger partial charge in [-0.1, -0.05) is 26.7 Å². The second-order valence-corrected chi connectivity index (χ2v) is 7.57. The molecule has 0 bridgehead atoms. The second-order valence-electron chi connectivity index (χ2n) is 6.38. The molecular formula is C18H26FN3O6S. The lowest BCUT2D eigenvalue weighted by atomic mass is 10.3. The van der Waals surface area contributed by atoms with E-state index in [2.05, 4.69) is 10.3 Å². The summed E-state index contributed by atoms with van der Waals surface area (Å²) in [4.78, 5) is 38.9. The summed E-state index contributed by atoms with van der Waals surface area (Å²) in [5, 5.41) is 2.14. The lowest BCUT2D eigenvalue weighted by Gasteiger charge is -2.15. The fraction of sp³-hybridized carbons (Fsp3) is 0.667. The van der Waals surface area contributed by atoms with Gasteiger partial charge in [-0.3, -0.25) is 14.7 Å². The normalized spacial score (nSPS) is 18.4. The highest BCUT2D eigenvalue weighted by Crippen LogP contribution is 2.31. The highest BCUT2D eigenvalue weighted by atomic mass is 32.2. The van der Waals surface area contributed by atoms with Gasteiger partial charge in [-0.15, -0.1) is 11.8 Å². The van der Waals surface area contributed by atoms with Crippen molar-refractivity contribution in [2.45, 2.75) is 57.6 Å². The van der Waals surface area contributed by atoms with Crippen LogP contribution in [0.2, 0.25) is 0 Å². The quantitative estimate of drug-likeness (QED) is 0.445. The number of unbranched alkanes of at least 4 members (excludes halogenated alkanes) is 2. The number of thioether (sulfide) groups is 1. The molecule has 2 rings (SSSR count). The summed E-state index contributed by atoms with van der Waals surface area (Å²) in [5.74, 6) is -1.34. The largest absolute Gasteiger partial charge is 0.462 e. The van der Waals surface area contributed by atoms with Gasteiger partial charge in [0.25, 0.3) is 0 Å². The fourth-order valence-electron chi connectivity index (χ4n) is 2.50. The van der Waals surface area contributed by atoms with Crippen molar-refractivity contribution in [1.29, 1.82) is 0 Å². The molecule has 2 heterocycles. The third-order valence-electron chi connectivity index (χ3n) is 3.99. The first-order chi connectivity index (χ1) is 13.9. The monoisotopic (exact) mass is 431 g/mol. The third kappa shape index (κ3) is 7.32. The number of nitrogens with zero attached hydrogens (tertiary/aromatic N) is 2. The Bertz CT molecular complexity index is 760. The van der Waals surface area contributed by atoms with E-state index in [0.29, 0.717) is 25.0 Å². The molecule has 0 radical (unpaired) electrons. The zero-order valence-electron chi connectivity index (χ0n) is 16.5. The third-order valence-corrected chi connectivity index (χ3v) is 5.08. The smallest absolute Gasteiger partial charge is 0.412 e. The average molecular weight is 431 g/mol. The number of ether oxygens (including phenoxy) is 3. The molecule has 2 atom stereocenters. The number of halogens is 1. The van der Waals surface area contributed by atoms with Crippen LogP contribution >= 0.6 is 11.8 Å². The zero-order chi connectivity index (χ0) is 21.2. The molecule has 0 spiro atoms. The summed E-state index contributed by atoms with van der Waals surface area (Å²) in [5.41, 5.74) is -1.23. The van der Waals surface area contributed by atoms with E-state index in [1.165, 1.54) is 11.8 Å². The maximum Gasteiger partial charge on any atom is 0.412 e. The van der Waals surface area contributed by atoms with E-state index in [9.17, 15) is 18.8 Å². The zero-order valence-corrected chi connectivity index (χ0v) is 17.3. The van der Waals surface area contributed by atoms with E-state index in [4.69, 9.17) is 14.2 Å². The van der Waals surface area contributed by atoms with Crippen molar-refractivity contribution in [3.63, 3.8) is 0 Å². The van der Waals surface area contributed by atoms with Crippen molar-refractivity contribution < 1.29 is 28.2 Å². The number of carbonyl (C=O) groups is 2. The van der Waals surface area contributed by atoms with Crippen LogP contribution in [0, 0.1) is 5.82 Å². The molecule has 11 heteroatoms. The molecule has 162 valence electrons. The van der Waals surface area contributed by atoms with Crippen LogP contribution < -0.4 is 11.0 Å². The number of esters is 1. The number of anilines is 1. The number of carbonyl (C=O) groups excluding carboxylic acids is 2. The van der Waals surface area contributed by atoms with Crippen LogP contribution in [0.1, 0.15) is 52.2 Å². The molecule has 1 N–H and O–H groups in total. The molecule has 0 aliphatic carbocycles. The minimum Gasteiger partial charge on any atom is -0.462 e. The van der Waals surface area contributed by atoms with Crippen LogP contribution in [0.3, 0.4) is 0 Å². The Morgan fingerprint density at radius 3 is 2.86 bits per heavy atom. The molecule has 0 saturated carbocycles. The lowest BCUT2D eigenvalue weighted by Crippen LogP contribution is -2.31. The highest BCUT2D eigenvalue weighted by molar-refractivity contribution is 8.00. The van der Waals surface area contributed by atoms with E-state index in [1.807, 2.05) is 13.8 Å². The first-order valence-corrected chi connectivity index (χ1v) is 10.6. The van der Waals surface area contributed by atoms with Crippen molar-refractivity contribution in [2.24, 2.45) is 0 Å². The predicted octanol–water partition coefficient (Wildman–Crippen LogP) is 3.05. The van der Waals surface area contributed by atoms with Gasteiger partial charge >= 0.3 is 17.8 Å². The van der Waals surface area contributed by atoms with Crippen LogP contribution in [-0.2, 0) is 19.0 Å². The van der Waals surface area contributed by atoms with Gasteiger partial charge in [-0.05, 0) is 12.8 Å². The number of hydrogen-bond donors (Lipinski definition) is 1. The lowest BCUT2D eigenvalue weighted by molar-refractivity contribution is -0.146. The molecule has 0 aromatic carbocycles. The summed E-state index contributed by atoms with van der Waals surface area (Å²) in [6.07, 6.45) is 2.91. The Hall–Kier alpha value is -2.14. The summed E-state index contributed by atoms with van der Waals surface area (Å²) < 4.78 is 31.0. The van der Waals surface area contributed by atoms with Gasteiger partial charge in [0.15, 0.2) is 11.6 Å². The van der Waals surface area contributed by atoms with Gasteiger partial charge in [0.2, 0.25) is 0 Å². The molecular weight excluding hydrogens is 405 g/mol. The van der Waals surface area contributed by atoms with E-state index in [-0.39, 0.29) is 19.2 Å². The summed E-state index contributed by atoms with van der Waals surface area (Å²) in [7, 11) is 0. The minimum atomic E-state index is -0.887. The Balaban J connectivity index is 1.91. The number of aromatic nitrogens is 2. The molecule has 9 nitrogen and oxygen atoms in total. The van der Waals surface area contributed by atoms with Gasteiger partial charge in [-0.25, -0.2) is 14.0 Å². The number of amides is 1. The van der Waals surface area contributed by atoms with Crippen LogP contribution in [0.25, 0.3) is 0 Å². The Kier molecular flexibility index (Phi) is 9.39. The van der Waals surface area contributed by atoms with Gasteiger partial charge in [0.1, 0.15) is 18.3 Å². The van der Waals surface area contributed by atoms with Gasteiger partial charge < -0.3 is 14.2 Å². The van der Waals surface area contributed by atoms with Crippen molar-refractivity contribution in [3.8, 4) is 0 Å². The Morgan fingerprint density at radius 2 is 2.14 bits per heavy atom. The molecule has 1 fully saturated rings. The summed E-state index contributed by atoms with van der Waals surface area (Å²) in [6, 6.07) is 0. The maximum absolute atomic E-state index is 14.3. The number of nitrogens with one attached hydrogen (secondary N) is 1. The predicted molar refractivity (Wildman–Crippen MR) is 105 cm³/mol. The fourth-order valence-corrected chi connectivity index (χ4v) is 3.49. The molecule has 1 aromatic rings. The van der Waals surface area contributed by atoms with Crippen LogP contribution in [0.4, 0.5) is 15.0 Å². The summed E-state index contributed by atoms with van der Waals surface area (Å²) >= 11 is 1.35. The molecule has 1 aromatic heterocycles. The average Bonchev–Trinajstić information content (AvgIpc) is 3.15. The van der Waals surface area contributed by atoms with Gasteiger partial charge in [0.05, 0.1) is 12.8 Å². The molecule has 1 amide bonds. The molecule has 1 aliphatic rings. The first kappa shape index (κ1) is 23.1. The van der Waals surface area contributed by atoms with E-state index < -0.39 is 35.1 Å². The van der Waals surface area contributed by atoms with Crippen LogP contribution in [0.5, 0.6) is 0 Å². The Morgan fingerprint density at radius 1 is 1.34 bits per heavy atom. The highest BCUT2D eigenvalue weighted by Gasteiger charge is 2.30. The van der Waals surface area contributed by atoms with Gasteiger partial charge in [0, 0.05) is 12.2 Å². The summed E-state index contributed by atoms with van der Waals surface area (Å²) in [6.45, 7) is 4.14. The topological polar surface area (TPSA) is 109 Å². The van der Waals surface area contributed by atoms with E-state index >= 15 is 0 Å².